The van der Waals surface area contributed by atoms with Gasteiger partial charge in [0.25, 0.3) is 0 Å². The second-order valence-corrected chi connectivity index (χ2v) is 6.62. The van der Waals surface area contributed by atoms with Gasteiger partial charge in [-0.1, -0.05) is 28.1 Å². The number of thiazole rings is 1. The molecular weight excluding hydrogens is 338 g/mol. The minimum absolute atomic E-state index is 0.356. The molecule has 1 aromatic heterocycles. The largest absolute Gasteiger partial charge is 0.481 e. The fraction of sp³-hybridized carbons (Fsp3) is 0.333. The fourth-order valence-electron chi connectivity index (χ4n) is 2.13. The molecule has 0 spiro atoms. The highest BCUT2D eigenvalue weighted by Crippen LogP contribution is 2.21. The van der Waals surface area contributed by atoms with Crippen molar-refractivity contribution in [1.29, 1.82) is 0 Å². The number of carbonyl (C=O) groups is 1. The molecule has 20 heavy (non-hydrogen) atoms. The first-order valence-electron chi connectivity index (χ1n) is 6.42. The lowest BCUT2D eigenvalue weighted by molar-refractivity contribution is -0.141. The third-order valence-electron chi connectivity index (χ3n) is 3.29. The fourth-order valence-corrected chi connectivity index (χ4v) is 3.38. The lowest BCUT2D eigenvalue weighted by atomic mass is 9.94. The molecular formula is C15H16BrNO2S. The van der Waals surface area contributed by atoms with Crippen molar-refractivity contribution in [3.63, 3.8) is 0 Å². The monoisotopic (exact) mass is 353 g/mol. The molecule has 0 saturated heterocycles. The number of rotatable bonds is 6. The molecule has 2 rings (SSSR count). The van der Waals surface area contributed by atoms with E-state index in [1.54, 1.807) is 11.3 Å². The molecule has 0 fully saturated rings. The lowest BCUT2D eigenvalue weighted by Gasteiger charge is -2.12. The lowest BCUT2D eigenvalue weighted by Crippen LogP contribution is -2.17. The SMILES string of the molecule is Cc1ncsc1CCC(Cc1cccc(Br)c1)C(=O)O. The van der Waals surface area contributed by atoms with Gasteiger partial charge in [-0.05, 0) is 43.9 Å². The molecule has 1 heterocycles. The molecule has 1 unspecified atom stereocenters. The van der Waals surface area contributed by atoms with Gasteiger partial charge in [0.1, 0.15) is 0 Å². The van der Waals surface area contributed by atoms with E-state index in [1.165, 1.54) is 4.88 Å². The topological polar surface area (TPSA) is 50.2 Å². The molecule has 0 aliphatic heterocycles. The van der Waals surface area contributed by atoms with Crippen molar-refractivity contribution in [1.82, 2.24) is 4.98 Å². The summed E-state index contributed by atoms with van der Waals surface area (Å²) in [5, 5.41) is 9.38. The zero-order valence-electron chi connectivity index (χ0n) is 11.2. The number of carboxylic acid groups (broad SMARTS) is 1. The number of aromatic nitrogens is 1. The van der Waals surface area contributed by atoms with Gasteiger partial charge in [0, 0.05) is 9.35 Å². The second-order valence-electron chi connectivity index (χ2n) is 4.77. The van der Waals surface area contributed by atoms with Gasteiger partial charge in [0.05, 0.1) is 17.1 Å². The van der Waals surface area contributed by atoms with Crippen LogP contribution in [-0.2, 0) is 17.6 Å². The zero-order valence-corrected chi connectivity index (χ0v) is 13.6. The van der Waals surface area contributed by atoms with E-state index < -0.39 is 5.97 Å². The van der Waals surface area contributed by atoms with Crippen LogP contribution in [0.5, 0.6) is 0 Å². The Hall–Kier alpha value is -1.20. The normalized spacial score (nSPS) is 12.3. The van der Waals surface area contributed by atoms with E-state index >= 15 is 0 Å². The van der Waals surface area contributed by atoms with Crippen LogP contribution in [0.25, 0.3) is 0 Å². The molecule has 1 atom stereocenters. The van der Waals surface area contributed by atoms with Gasteiger partial charge in [-0.25, -0.2) is 4.98 Å². The summed E-state index contributed by atoms with van der Waals surface area (Å²) >= 11 is 5.02. The Kier molecular flexibility index (Phi) is 5.31. The molecule has 0 amide bonds. The van der Waals surface area contributed by atoms with E-state index in [0.717, 1.165) is 22.2 Å². The maximum atomic E-state index is 11.4. The van der Waals surface area contributed by atoms with Crippen molar-refractivity contribution in [3.05, 3.63) is 50.4 Å². The molecule has 0 bridgehead atoms. The summed E-state index contributed by atoms with van der Waals surface area (Å²) in [7, 11) is 0. The van der Waals surface area contributed by atoms with Crippen molar-refractivity contribution in [2.45, 2.75) is 26.2 Å². The first-order valence-corrected chi connectivity index (χ1v) is 8.09. The first-order chi connectivity index (χ1) is 9.56. The number of hydrogen-bond acceptors (Lipinski definition) is 3. The summed E-state index contributed by atoms with van der Waals surface area (Å²) in [6, 6.07) is 7.83. The number of aryl methyl sites for hydroxylation is 2. The summed E-state index contributed by atoms with van der Waals surface area (Å²) < 4.78 is 0.984. The Balaban J connectivity index is 2.01. The van der Waals surface area contributed by atoms with E-state index in [2.05, 4.69) is 20.9 Å². The van der Waals surface area contributed by atoms with Gasteiger partial charge in [-0.15, -0.1) is 11.3 Å². The smallest absolute Gasteiger partial charge is 0.306 e. The van der Waals surface area contributed by atoms with Crippen LogP contribution in [0.1, 0.15) is 22.6 Å². The van der Waals surface area contributed by atoms with Gasteiger partial charge < -0.3 is 5.11 Å². The summed E-state index contributed by atoms with van der Waals surface area (Å²) in [6.45, 7) is 1.97. The number of carboxylic acids is 1. The third-order valence-corrected chi connectivity index (χ3v) is 4.77. The summed E-state index contributed by atoms with van der Waals surface area (Å²) in [5.74, 6) is -1.09. The molecule has 0 aliphatic rings. The predicted molar refractivity (Wildman–Crippen MR) is 84.1 cm³/mol. The van der Waals surface area contributed by atoms with Crippen LogP contribution < -0.4 is 0 Å². The van der Waals surface area contributed by atoms with Crippen molar-refractivity contribution < 1.29 is 9.90 Å². The second kappa shape index (κ2) is 6.99. The van der Waals surface area contributed by atoms with Gasteiger partial charge in [0.2, 0.25) is 0 Å². The number of aliphatic carboxylic acids is 1. The van der Waals surface area contributed by atoms with Gasteiger partial charge >= 0.3 is 5.97 Å². The maximum Gasteiger partial charge on any atom is 0.306 e. The van der Waals surface area contributed by atoms with E-state index in [4.69, 9.17) is 0 Å². The molecule has 0 radical (unpaired) electrons. The van der Waals surface area contributed by atoms with Crippen LogP contribution in [0.3, 0.4) is 0 Å². The van der Waals surface area contributed by atoms with Crippen molar-refractivity contribution in [2.75, 3.05) is 0 Å². The Morgan fingerprint density at radius 1 is 1.50 bits per heavy atom. The Morgan fingerprint density at radius 3 is 2.90 bits per heavy atom. The van der Waals surface area contributed by atoms with Gasteiger partial charge in [0.15, 0.2) is 0 Å². The average Bonchev–Trinajstić information content (AvgIpc) is 2.80. The van der Waals surface area contributed by atoms with E-state index in [9.17, 15) is 9.90 Å². The molecule has 0 aliphatic carbocycles. The summed E-state index contributed by atoms with van der Waals surface area (Å²) in [5.41, 5.74) is 3.88. The Morgan fingerprint density at radius 2 is 2.30 bits per heavy atom. The number of benzene rings is 1. The standard InChI is InChI=1S/C15H16BrNO2S/c1-10-14(20-9-17-10)6-5-12(15(18)19)7-11-3-2-4-13(16)8-11/h2-4,8-9,12H,5-7H2,1H3,(H,18,19). The molecule has 2 aromatic rings. The van der Waals surface area contributed by atoms with Crippen LogP contribution in [0.2, 0.25) is 0 Å². The summed E-state index contributed by atoms with van der Waals surface area (Å²) in [6.07, 6.45) is 1.99. The van der Waals surface area contributed by atoms with Crippen LogP contribution >= 0.6 is 27.3 Å². The predicted octanol–water partition coefficient (Wildman–Crippen LogP) is 4.09. The average molecular weight is 354 g/mol. The van der Waals surface area contributed by atoms with Crippen LogP contribution in [-0.4, -0.2) is 16.1 Å². The molecule has 106 valence electrons. The van der Waals surface area contributed by atoms with Crippen LogP contribution in [0.4, 0.5) is 0 Å². The van der Waals surface area contributed by atoms with E-state index in [1.807, 2.05) is 36.7 Å². The first kappa shape index (κ1) is 15.2. The Bertz CT molecular complexity index is 597. The van der Waals surface area contributed by atoms with E-state index in [-0.39, 0.29) is 5.92 Å². The molecule has 3 nitrogen and oxygen atoms in total. The molecule has 1 aromatic carbocycles. The molecule has 5 heteroatoms. The van der Waals surface area contributed by atoms with Crippen LogP contribution in [0, 0.1) is 12.8 Å². The highest BCUT2D eigenvalue weighted by atomic mass is 79.9. The van der Waals surface area contributed by atoms with Crippen molar-refractivity contribution >= 4 is 33.2 Å². The third kappa shape index (κ3) is 4.15. The number of hydrogen-bond donors (Lipinski definition) is 1. The molecule has 1 N–H and O–H groups in total. The van der Waals surface area contributed by atoms with Crippen molar-refractivity contribution in [2.24, 2.45) is 5.92 Å². The highest BCUT2D eigenvalue weighted by Gasteiger charge is 2.19. The zero-order chi connectivity index (χ0) is 14.5. The van der Waals surface area contributed by atoms with E-state index in [0.29, 0.717) is 12.8 Å². The number of nitrogens with zero attached hydrogens (tertiary/aromatic N) is 1. The van der Waals surface area contributed by atoms with Gasteiger partial charge in [-0.3, -0.25) is 4.79 Å². The molecule has 0 saturated carbocycles. The summed E-state index contributed by atoms with van der Waals surface area (Å²) in [4.78, 5) is 16.8. The minimum atomic E-state index is -0.729. The minimum Gasteiger partial charge on any atom is -0.481 e. The maximum absolute atomic E-state index is 11.4. The van der Waals surface area contributed by atoms with Gasteiger partial charge in [-0.2, -0.15) is 0 Å². The van der Waals surface area contributed by atoms with Crippen LogP contribution in [0.15, 0.2) is 34.2 Å². The Labute approximate surface area is 130 Å². The highest BCUT2D eigenvalue weighted by molar-refractivity contribution is 9.10. The quantitative estimate of drug-likeness (QED) is 0.850. The van der Waals surface area contributed by atoms with Crippen molar-refractivity contribution in [3.8, 4) is 0 Å². The number of halogens is 1.